The van der Waals surface area contributed by atoms with Crippen LogP contribution in [0.2, 0.25) is 0 Å². The molecule has 1 aliphatic rings. The van der Waals surface area contributed by atoms with E-state index in [0.717, 1.165) is 36.8 Å². The SMILES string of the molecule is C=CCCCCCCCOc1ccc(C(=O)Oc2ccc(CC[C@H]3CC[C@H](CCCCCCC)CC3)cc2)cc1. The smallest absolute Gasteiger partial charge is 0.343 e. The van der Waals surface area contributed by atoms with Crippen LogP contribution in [-0.2, 0) is 6.42 Å². The van der Waals surface area contributed by atoms with Gasteiger partial charge in [-0.05, 0) is 85.9 Å². The highest BCUT2D eigenvalue weighted by Gasteiger charge is 2.20. The Morgan fingerprint density at radius 1 is 0.750 bits per heavy atom. The predicted molar refractivity (Wildman–Crippen MR) is 168 cm³/mol. The number of hydrogen-bond acceptors (Lipinski definition) is 3. The van der Waals surface area contributed by atoms with Crippen LogP contribution in [0.5, 0.6) is 11.5 Å². The Morgan fingerprint density at radius 2 is 1.35 bits per heavy atom. The second-order valence-electron chi connectivity index (χ2n) is 11.9. The molecule has 1 aliphatic carbocycles. The molecule has 0 atom stereocenters. The van der Waals surface area contributed by atoms with E-state index in [4.69, 9.17) is 9.47 Å². The van der Waals surface area contributed by atoms with Gasteiger partial charge in [0, 0.05) is 0 Å². The van der Waals surface area contributed by atoms with Gasteiger partial charge in [-0.3, -0.25) is 0 Å². The van der Waals surface area contributed by atoms with Crippen LogP contribution in [0.15, 0.2) is 61.2 Å². The van der Waals surface area contributed by atoms with Crippen molar-refractivity contribution in [2.75, 3.05) is 6.61 Å². The average molecular weight is 547 g/mol. The molecule has 3 rings (SSSR count). The fourth-order valence-corrected chi connectivity index (χ4v) is 5.90. The summed E-state index contributed by atoms with van der Waals surface area (Å²) in [5.74, 6) is 2.90. The van der Waals surface area contributed by atoms with Gasteiger partial charge in [0.15, 0.2) is 0 Å². The van der Waals surface area contributed by atoms with Crippen molar-refractivity contribution in [3.63, 3.8) is 0 Å². The van der Waals surface area contributed by atoms with E-state index in [1.54, 1.807) is 12.1 Å². The third kappa shape index (κ3) is 12.7. The number of unbranched alkanes of at least 4 members (excludes halogenated alkanes) is 9. The van der Waals surface area contributed by atoms with Gasteiger partial charge in [-0.1, -0.05) is 109 Å². The lowest BCUT2D eigenvalue weighted by molar-refractivity contribution is 0.0734. The first-order chi connectivity index (χ1) is 19.7. The maximum atomic E-state index is 12.6. The molecule has 0 bridgehead atoms. The monoisotopic (exact) mass is 546 g/mol. The summed E-state index contributed by atoms with van der Waals surface area (Å²) < 4.78 is 11.5. The Hall–Kier alpha value is -2.55. The summed E-state index contributed by atoms with van der Waals surface area (Å²) in [6, 6.07) is 15.3. The standard InChI is InChI=1S/C37H54O3/c1-3-5-7-9-10-12-14-30-39-35-28-24-34(25-29-35)37(38)40-36-26-22-33(23-27-36)21-20-32-18-16-31(17-19-32)15-13-11-8-6-4-2/h3,22-29,31-32H,1,4-21,30H2,2H3/t31-,32-. The zero-order valence-electron chi connectivity index (χ0n) is 25.2. The van der Waals surface area contributed by atoms with Crippen molar-refractivity contribution in [1.29, 1.82) is 0 Å². The third-order valence-electron chi connectivity index (χ3n) is 8.57. The number of esters is 1. The van der Waals surface area contributed by atoms with Crippen molar-refractivity contribution in [3.05, 3.63) is 72.3 Å². The maximum absolute atomic E-state index is 12.6. The van der Waals surface area contributed by atoms with Crippen LogP contribution in [-0.4, -0.2) is 12.6 Å². The lowest BCUT2D eigenvalue weighted by atomic mass is 9.78. The summed E-state index contributed by atoms with van der Waals surface area (Å²) in [5.41, 5.74) is 1.87. The number of rotatable bonds is 20. The van der Waals surface area contributed by atoms with Crippen molar-refractivity contribution in [2.45, 2.75) is 122 Å². The molecule has 0 aliphatic heterocycles. The summed E-state index contributed by atoms with van der Waals surface area (Å²) in [6.07, 6.45) is 25.5. The molecule has 0 saturated heterocycles. The zero-order valence-corrected chi connectivity index (χ0v) is 25.2. The zero-order chi connectivity index (χ0) is 28.3. The van der Waals surface area contributed by atoms with Crippen molar-refractivity contribution < 1.29 is 14.3 Å². The van der Waals surface area contributed by atoms with Crippen LogP contribution in [0.1, 0.15) is 132 Å². The molecule has 1 fully saturated rings. The number of aryl methyl sites for hydroxylation is 1. The largest absolute Gasteiger partial charge is 0.494 e. The molecule has 220 valence electrons. The van der Waals surface area contributed by atoms with Crippen LogP contribution < -0.4 is 9.47 Å². The summed E-state index contributed by atoms with van der Waals surface area (Å²) in [7, 11) is 0. The summed E-state index contributed by atoms with van der Waals surface area (Å²) in [5, 5.41) is 0. The molecule has 3 heteroatoms. The van der Waals surface area contributed by atoms with Gasteiger partial charge in [0.2, 0.25) is 0 Å². The van der Waals surface area contributed by atoms with Gasteiger partial charge in [0.1, 0.15) is 11.5 Å². The first kappa shape index (κ1) is 32.0. The third-order valence-corrected chi connectivity index (χ3v) is 8.57. The molecule has 0 heterocycles. The molecule has 2 aromatic rings. The maximum Gasteiger partial charge on any atom is 0.343 e. The Morgan fingerprint density at radius 3 is 2.05 bits per heavy atom. The average Bonchev–Trinajstić information content (AvgIpc) is 2.99. The van der Waals surface area contributed by atoms with Crippen molar-refractivity contribution >= 4 is 5.97 Å². The second-order valence-corrected chi connectivity index (χ2v) is 11.9. The van der Waals surface area contributed by atoms with Gasteiger partial charge >= 0.3 is 5.97 Å². The molecule has 0 aromatic heterocycles. The number of hydrogen-bond donors (Lipinski definition) is 0. The minimum Gasteiger partial charge on any atom is -0.494 e. The quantitative estimate of drug-likeness (QED) is 0.0717. The van der Waals surface area contributed by atoms with E-state index in [1.807, 2.05) is 30.3 Å². The van der Waals surface area contributed by atoms with E-state index < -0.39 is 0 Å². The summed E-state index contributed by atoms with van der Waals surface area (Å²) >= 11 is 0. The van der Waals surface area contributed by atoms with E-state index in [9.17, 15) is 4.79 Å². The number of carbonyl (C=O) groups excluding carboxylic acids is 1. The molecule has 40 heavy (non-hydrogen) atoms. The molecule has 0 radical (unpaired) electrons. The highest BCUT2D eigenvalue weighted by molar-refractivity contribution is 5.91. The van der Waals surface area contributed by atoms with E-state index >= 15 is 0 Å². The molecule has 1 saturated carbocycles. The Kier molecular flexibility index (Phi) is 15.6. The minimum absolute atomic E-state index is 0.332. The first-order valence-corrected chi connectivity index (χ1v) is 16.3. The van der Waals surface area contributed by atoms with E-state index in [1.165, 1.54) is 102 Å². The highest BCUT2D eigenvalue weighted by Crippen LogP contribution is 2.34. The highest BCUT2D eigenvalue weighted by atomic mass is 16.5. The van der Waals surface area contributed by atoms with Gasteiger partial charge in [0.05, 0.1) is 12.2 Å². The van der Waals surface area contributed by atoms with E-state index in [0.29, 0.717) is 17.9 Å². The first-order valence-electron chi connectivity index (χ1n) is 16.3. The van der Waals surface area contributed by atoms with Gasteiger partial charge < -0.3 is 9.47 Å². The number of carbonyl (C=O) groups is 1. The van der Waals surface area contributed by atoms with Crippen LogP contribution in [0.4, 0.5) is 0 Å². The van der Waals surface area contributed by atoms with Gasteiger partial charge in [0.25, 0.3) is 0 Å². The van der Waals surface area contributed by atoms with Crippen molar-refractivity contribution in [2.24, 2.45) is 11.8 Å². The fourth-order valence-electron chi connectivity index (χ4n) is 5.90. The molecule has 3 nitrogen and oxygen atoms in total. The van der Waals surface area contributed by atoms with Gasteiger partial charge in [-0.15, -0.1) is 6.58 Å². The van der Waals surface area contributed by atoms with Gasteiger partial charge in [-0.2, -0.15) is 0 Å². The fraction of sp³-hybridized carbons (Fsp3) is 0.595. The molecule has 0 amide bonds. The lowest BCUT2D eigenvalue weighted by Gasteiger charge is -2.28. The van der Waals surface area contributed by atoms with Crippen LogP contribution in [0, 0.1) is 11.8 Å². The molecular formula is C37H54O3. The van der Waals surface area contributed by atoms with Crippen molar-refractivity contribution in [1.82, 2.24) is 0 Å². The molecule has 0 spiro atoms. The Labute approximate surface area is 244 Å². The Balaban J connectivity index is 1.29. The second kappa shape index (κ2) is 19.5. The lowest BCUT2D eigenvalue weighted by Crippen LogP contribution is -2.15. The van der Waals surface area contributed by atoms with Crippen LogP contribution >= 0.6 is 0 Å². The minimum atomic E-state index is -0.332. The normalized spacial score (nSPS) is 16.9. The number of ether oxygens (including phenoxy) is 2. The van der Waals surface area contributed by atoms with E-state index in [2.05, 4.69) is 25.6 Å². The molecule has 0 N–H and O–H groups in total. The van der Waals surface area contributed by atoms with Gasteiger partial charge in [-0.25, -0.2) is 4.79 Å². The topological polar surface area (TPSA) is 35.5 Å². The summed E-state index contributed by atoms with van der Waals surface area (Å²) in [6.45, 7) is 6.76. The molecule has 0 unspecified atom stereocenters. The Bertz CT molecular complexity index is 938. The summed E-state index contributed by atoms with van der Waals surface area (Å²) in [4.78, 5) is 12.6. The number of benzene rings is 2. The van der Waals surface area contributed by atoms with Crippen LogP contribution in [0.3, 0.4) is 0 Å². The van der Waals surface area contributed by atoms with E-state index in [-0.39, 0.29) is 5.97 Å². The number of allylic oxidation sites excluding steroid dienone is 1. The predicted octanol–water partition coefficient (Wildman–Crippen LogP) is 10.9. The van der Waals surface area contributed by atoms with Crippen molar-refractivity contribution in [3.8, 4) is 11.5 Å². The van der Waals surface area contributed by atoms with Crippen LogP contribution in [0.25, 0.3) is 0 Å². The molecule has 2 aromatic carbocycles. The molecular weight excluding hydrogens is 492 g/mol.